The van der Waals surface area contributed by atoms with E-state index in [0.29, 0.717) is 47.1 Å². The Labute approximate surface area is 207 Å². The zero-order chi connectivity index (χ0) is 24.7. The SMILES string of the molecule is COc1ccccc1-c1cc(C)ncc1C(=O)Nc1nc2c(s1)CN(C(=O)C1CCCS1(=O)=O)C2. The molecule has 2 aliphatic rings. The first-order valence-electron chi connectivity index (χ1n) is 11.2. The molecule has 1 unspecified atom stereocenters. The largest absolute Gasteiger partial charge is 0.496 e. The standard InChI is InChI=1S/C24H24N4O5S2/c1-14-10-16(15-6-3-4-7-19(15)33-2)17(11-25-14)22(29)27-24-26-18-12-28(13-20(18)34-24)23(30)21-8-5-9-35(21,31)32/h3-4,6-7,10-11,21H,5,8-9,12-13H2,1-2H3,(H,26,27,29). The number of nitrogens with zero attached hydrogens (tertiary/aromatic N) is 3. The average Bonchev–Trinajstić information content (AvgIpc) is 3.50. The van der Waals surface area contributed by atoms with Gasteiger partial charge >= 0.3 is 0 Å². The lowest BCUT2D eigenvalue weighted by atomic mass is 9.99. The van der Waals surface area contributed by atoms with Crippen molar-refractivity contribution in [1.29, 1.82) is 0 Å². The third-order valence-electron chi connectivity index (χ3n) is 6.27. The van der Waals surface area contributed by atoms with Gasteiger partial charge in [0.1, 0.15) is 11.0 Å². The molecule has 0 saturated carbocycles. The summed E-state index contributed by atoms with van der Waals surface area (Å²) < 4.78 is 29.8. The summed E-state index contributed by atoms with van der Waals surface area (Å²) in [5.41, 5.74) is 3.32. The van der Waals surface area contributed by atoms with E-state index in [1.54, 1.807) is 7.11 Å². The summed E-state index contributed by atoms with van der Waals surface area (Å²) in [6.45, 7) is 2.40. The number of pyridine rings is 1. The summed E-state index contributed by atoms with van der Waals surface area (Å²) in [4.78, 5) is 37.2. The second-order valence-electron chi connectivity index (χ2n) is 8.61. The van der Waals surface area contributed by atoms with Gasteiger partial charge in [0.05, 0.1) is 42.1 Å². The molecule has 182 valence electrons. The maximum Gasteiger partial charge on any atom is 0.259 e. The van der Waals surface area contributed by atoms with E-state index >= 15 is 0 Å². The second kappa shape index (κ2) is 9.04. The van der Waals surface area contributed by atoms with Crippen LogP contribution < -0.4 is 10.1 Å². The number of aromatic nitrogens is 2. The number of fused-ring (bicyclic) bond motifs is 1. The Kier molecular flexibility index (Phi) is 6.06. The third-order valence-corrected chi connectivity index (χ3v) is 9.43. The Morgan fingerprint density at radius 1 is 1.20 bits per heavy atom. The first kappa shape index (κ1) is 23.4. The molecule has 1 atom stereocenters. The lowest BCUT2D eigenvalue weighted by Gasteiger charge is -2.19. The number of amides is 2. The highest BCUT2D eigenvalue weighted by Gasteiger charge is 2.41. The van der Waals surface area contributed by atoms with E-state index in [2.05, 4.69) is 15.3 Å². The minimum absolute atomic E-state index is 0.0676. The monoisotopic (exact) mass is 512 g/mol. The van der Waals surface area contributed by atoms with Crippen LogP contribution in [0.15, 0.2) is 36.5 Å². The predicted molar refractivity (Wildman–Crippen MR) is 132 cm³/mol. The number of thiazole rings is 1. The maximum absolute atomic E-state index is 13.2. The average molecular weight is 513 g/mol. The summed E-state index contributed by atoms with van der Waals surface area (Å²) in [6.07, 6.45) is 2.43. The molecule has 3 aromatic rings. The fourth-order valence-electron chi connectivity index (χ4n) is 4.52. The van der Waals surface area contributed by atoms with Crippen molar-refractivity contribution < 1.29 is 22.7 Å². The van der Waals surface area contributed by atoms with Gasteiger partial charge in [-0.15, -0.1) is 0 Å². The van der Waals surface area contributed by atoms with Crippen molar-refractivity contribution in [2.75, 3.05) is 18.2 Å². The second-order valence-corrected chi connectivity index (χ2v) is 12.0. The van der Waals surface area contributed by atoms with E-state index in [1.807, 2.05) is 37.3 Å². The van der Waals surface area contributed by atoms with Crippen LogP contribution in [-0.2, 0) is 27.7 Å². The quantitative estimate of drug-likeness (QED) is 0.558. The zero-order valence-corrected chi connectivity index (χ0v) is 20.9. The highest BCUT2D eigenvalue weighted by molar-refractivity contribution is 7.93. The lowest BCUT2D eigenvalue weighted by Crippen LogP contribution is -2.38. The number of methoxy groups -OCH3 is 1. The molecule has 1 fully saturated rings. The molecule has 11 heteroatoms. The van der Waals surface area contributed by atoms with Gasteiger partial charge in [0, 0.05) is 23.0 Å². The minimum Gasteiger partial charge on any atom is -0.496 e. The van der Waals surface area contributed by atoms with Crippen LogP contribution in [0.25, 0.3) is 11.1 Å². The Balaban J connectivity index is 1.34. The molecule has 1 N–H and O–H groups in total. The number of carbonyl (C=O) groups is 2. The van der Waals surface area contributed by atoms with E-state index in [-0.39, 0.29) is 24.1 Å². The lowest BCUT2D eigenvalue weighted by molar-refractivity contribution is -0.131. The molecular weight excluding hydrogens is 488 g/mol. The molecule has 2 amide bonds. The van der Waals surface area contributed by atoms with Gasteiger partial charge in [-0.3, -0.25) is 19.9 Å². The van der Waals surface area contributed by atoms with Gasteiger partial charge in [-0.25, -0.2) is 13.4 Å². The summed E-state index contributed by atoms with van der Waals surface area (Å²) in [5, 5.41) is 2.33. The van der Waals surface area contributed by atoms with Crippen LogP contribution in [0.2, 0.25) is 0 Å². The number of benzene rings is 1. The van der Waals surface area contributed by atoms with Crippen LogP contribution in [0.3, 0.4) is 0 Å². The zero-order valence-electron chi connectivity index (χ0n) is 19.3. The molecule has 5 rings (SSSR count). The highest BCUT2D eigenvalue weighted by atomic mass is 32.2. The van der Waals surface area contributed by atoms with Gasteiger partial charge in [0.15, 0.2) is 15.0 Å². The highest BCUT2D eigenvalue weighted by Crippen LogP contribution is 2.35. The molecule has 0 spiro atoms. The van der Waals surface area contributed by atoms with E-state index in [0.717, 1.165) is 16.1 Å². The van der Waals surface area contributed by atoms with Crippen molar-refractivity contribution in [3.63, 3.8) is 0 Å². The van der Waals surface area contributed by atoms with E-state index in [9.17, 15) is 18.0 Å². The predicted octanol–water partition coefficient (Wildman–Crippen LogP) is 3.19. The van der Waals surface area contributed by atoms with Crippen LogP contribution in [0, 0.1) is 6.92 Å². The number of para-hydroxylation sites is 1. The van der Waals surface area contributed by atoms with Crippen LogP contribution in [0.5, 0.6) is 5.75 Å². The normalized spacial score (nSPS) is 18.3. The number of ether oxygens (including phenoxy) is 1. The Morgan fingerprint density at radius 2 is 2.00 bits per heavy atom. The van der Waals surface area contributed by atoms with Crippen molar-refractivity contribution in [2.24, 2.45) is 0 Å². The smallest absolute Gasteiger partial charge is 0.259 e. The molecule has 1 saturated heterocycles. The molecule has 2 aromatic heterocycles. The van der Waals surface area contributed by atoms with Crippen molar-refractivity contribution in [3.8, 4) is 16.9 Å². The van der Waals surface area contributed by atoms with Gasteiger partial charge in [-0.1, -0.05) is 29.5 Å². The number of sulfone groups is 1. The van der Waals surface area contributed by atoms with Crippen molar-refractivity contribution in [1.82, 2.24) is 14.9 Å². The summed E-state index contributed by atoms with van der Waals surface area (Å²) in [7, 11) is -1.78. The first-order valence-corrected chi connectivity index (χ1v) is 13.7. The number of nitrogens with one attached hydrogen (secondary N) is 1. The Bertz CT molecular complexity index is 1410. The van der Waals surface area contributed by atoms with Gasteiger partial charge in [0.25, 0.3) is 5.91 Å². The van der Waals surface area contributed by atoms with Gasteiger partial charge in [0.2, 0.25) is 5.91 Å². The van der Waals surface area contributed by atoms with Crippen molar-refractivity contribution >= 4 is 38.1 Å². The molecule has 1 aromatic carbocycles. The number of rotatable bonds is 5. The Hall–Kier alpha value is -3.31. The molecular formula is C24H24N4O5S2. The third kappa shape index (κ3) is 4.41. The molecule has 0 aliphatic carbocycles. The topological polar surface area (TPSA) is 119 Å². The van der Waals surface area contributed by atoms with Crippen molar-refractivity contribution in [2.45, 2.75) is 38.1 Å². The van der Waals surface area contributed by atoms with Gasteiger partial charge in [-0.05, 0) is 31.9 Å². The van der Waals surface area contributed by atoms with Crippen LogP contribution >= 0.6 is 11.3 Å². The van der Waals surface area contributed by atoms with Crippen LogP contribution in [0.1, 0.15) is 39.5 Å². The van der Waals surface area contributed by atoms with Crippen LogP contribution in [0.4, 0.5) is 5.13 Å². The minimum atomic E-state index is -3.36. The Morgan fingerprint density at radius 3 is 2.71 bits per heavy atom. The van der Waals surface area contributed by atoms with E-state index in [4.69, 9.17) is 4.74 Å². The van der Waals surface area contributed by atoms with Crippen molar-refractivity contribution in [3.05, 3.63) is 58.4 Å². The molecule has 0 radical (unpaired) electrons. The molecule has 0 bridgehead atoms. The molecule has 4 heterocycles. The summed E-state index contributed by atoms with van der Waals surface area (Å²) in [5.74, 6) is 0.00809. The number of anilines is 1. The summed E-state index contributed by atoms with van der Waals surface area (Å²) >= 11 is 1.29. The maximum atomic E-state index is 13.2. The summed E-state index contributed by atoms with van der Waals surface area (Å²) in [6, 6.07) is 9.31. The molecule has 2 aliphatic heterocycles. The number of hydrogen-bond donors (Lipinski definition) is 1. The number of hydrogen-bond acceptors (Lipinski definition) is 8. The first-order chi connectivity index (χ1) is 16.8. The molecule has 9 nitrogen and oxygen atoms in total. The molecule has 35 heavy (non-hydrogen) atoms. The number of aryl methyl sites for hydroxylation is 1. The van der Waals surface area contributed by atoms with Crippen LogP contribution in [-0.4, -0.2) is 53.2 Å². The van der Waals surface area contributed by atoms with Gasteiger partial charge in [-0.2, -0.15) is 0 Å². The van der Waals surface area contributed by atoms with Gasteiger partial charge < -0.3 is 9.64 Å². The van der Waals surface area contributed by atoms with E-state index < -0.39 is 15.1 Å². The number of carbonyl (C=O) groups excluding carboxylic acids is 2. The van der Waals surface area contributed by atoms with E-state index in [1.165, 1.54) is 22.4 Å². The fourth-order valence-corrected chi connectivity index (χ4v) is 7.33. The fraction of sp³-hybridized carbons (Fsp3) is 0.333.